The Morgan fingerprint density at radius 2 is 1.59 bits per heavy atom. The number of rotatable bonds is 7. The minimum absolute atomic E-state index is 0.134. The molecule has 1 amide bonds. The number of aliphatic hydroxyl groups excluding tert-OH is 2. The first-order chi connectivity index (χ1) is 19.0. The molecule has 1 unspecified atom stereocenters. The van der Waals surface area contributed by atoms with Crippen LogP contribution < -0.4 is 15.6 Å². The number of halogens is 9. The van der Waals surface area contributed by atoms with Gasteiger partial charge in [0.15, 0.2) is 28.9 Å². The summed E-state index contributed by atoms with van der Waals surface area (Å²) in [6.45, 7) is -0.953. The largest absolute Gasteiger partial charge is 0.455 e. The van der Waals surface area contributed by atoms with E-state index in [1.807, 2.05) is 0 Å². The Balaban J connectivity index is 1.92. The average Bonchev–Trinajstić information content (AvgIpc) is 2.84. The zero-order valence-corrected chi connectivity index (χ0v) is 20.7. The van der Waals surface area contributed by atoms with E-state index < -0.39 is 99.5 Å². The van der Waals surface area contributed by atoms with Crippen molar-refractivity contribution < 1.29 is 54.5 Å². The van der Waals surface area contributed by atoms with Gasteiger partial charge in [-0.15, -0.1) is 0 Å². The third-order valence-electron chi connectivity index (χ3n) is 6.67. The van der Waals surface area contributed by atoms with E-state index in [1.165, 1.54) is 10.2 Å². The van der Waals surface area contributed by atoms with Crippen LogP contribution in [-0.2, 0) is 0 Å². The molecule has 222 valence electrons. The SMILES string of the molecule is CC(NC(=O)c1cn(-c2c(F)cc(F)cc2F)c2nc(N3CC(CO)(CO)C3)c(F)cc2c1=O)C(F)(F)C(F)(F)F. The van der Waals surface area contributed by atoms with Crippen LogP contribution in [0.4, 0.5) is 45.3 Å². The number of benzene rings is 1. The van der Waals surface area contributed by atoms with Crippen molar-refractivity contribution in [3.8, 4) is 5.69 Å². The van der Waals surface area contributed by atoms with Gasteiger partial charge < -0.3 is 20.4 Å². The van der Waals surface area contributed by atoms with Crippen LogP contribution in [-0.4, -0.2) is 70.1 Å². The Hall–Kier alpha value is -3.86. The smallest absolute Gasteiger partial charge is 0.396 e. The fourth-order valence-corrected chi connectivity index (χ4v) is 4.31. The number of nitrogens with one attached hydrogen (secondary N) is 1. The third-order valence-corrected chi connectivity index (χ3v) is 6.67. The van der Waals surface area contributed by atoms with E-state index in [4.69, 9.17) is 0 Å². The molecule has 0 saturated carbocycles. The van der Waals surface area contributed by atoms with Gasteiger partial charge in [0.05, 0.1) is 30.1 Å². The first-order valence-corrected chi connectivity index (χ1v) is 11.6. The van der Waals surface area contributed by atoms with Gasteiger partial charge >= 0.3 is 12.1 Å². The number of fused-ring (bicyclic) bond motifs is 1. The van der Waals surface area contributed by atoms with E-state index in [0.717, 1.165) is 0 Å². The summed E-state index contributed by atoms with van der Waals surface area (Å²) in [4.78, 5) is 30.9. The number of anilines is 1. The standard InChI is InChI=1S/C24H19F9N4O4/c1-10(23(29,30)24(31,32)33)34-21(41)13-5-37(17-14(26)2-11(25)3-15(17)27)19-12(18(13)40)4-16(28)20(35-19)36-6-22(7-36,8-38)9-39/h2-5,10,38-39H,6-9H2,1H3,(H,34,41). The molecule has 1 fully saturated rings. The molecule has 3 aromatic rings. The van der Waals surface area contributed by atoms with Crippen LogP contribution in [0, 0.1) is 28.7 Å². The number of nitrogens with zero attached hydrogens (tertiary/aromatic N) is 3. The molecule has 1 saturated heterocycles. The number of hydrogen-bond acceptors (Lipinski definition) is 6. The predicted molar refractivity (Wildman–Crippen MR) is 124 cm³/mol. The number of aliphatic hydroxyl groups is 2. The molecule has 0 radical (unpaired) electrons. The Morgan fingerprint density at radius 1 is 1.02 bits per heavy atom. The quantitative estimate of drug-likeness (QED) is 0.361. The van der Waals surface area contributed by atoms with E-state index >= 15 is 4.39 Å². The Kier molecular flexibility index (Phi) is 7.49. The highest BCUT2D eigenvalue weighted by molar-refractivity contribution is 5.97. The lowest BCUT2D eigenvalue weighted by Gasteiger charge is -2.48. The van der Waals surface area contributed by atoms with Gasteiger partial charge in [0.1, 0.15) is 17.1 Å². The molecular formula is C24H19F9N4O4. The number of aromatic nitrogens is 2. The minimum Gasteiger partial charge on any atom is -0.396 e. The second-order valence-corrected chi connectivity index (χ2v) is 9.61. The van der Waals surface area contributed by atoms with Crippen LogP contribution in [0.15, 0.2) is 29.2 Å². The van der Waals surface area contributed by atoms with Gasteiger partial charge in [-0.2, -0.15) is 22.0 Å². The van der Waals surface area contributed by atoms with Crippen molar-refractivity contribution in [3.05, 3.63) is 63.5 Å². The first-order valence-electron chi connectivity index (χ1n) is 11.6. The Labute approximate surface area is 223 Å². The molecule has 1 atom stereocenters. The van der Waals surface area contributed by atoms with E-state index in [0.29, 0.717) is 23.8 Å². The van der Waals surface area contributed by atoms with Gasteiger partial charge in [0.25, 0.3) is 5.91 Å². The summed E-state index contributed by atoms with van der Waals surface area (Å²) in [5.74, 6) is -13.6. The summed E-state index contributed by atoms with van der Waals surface area (Å²) in [5, 5.41) is 19.4. The van der Waals surface area contributed by atoms with E-state index in [2.05, 4.69) is 4.98 Å². The Bertz CT molecular complexity index is 1560. The van der Waals surface area contributed by atoms with Crippen molar-refractivity contribution in [2.24, 2.45) is 5.41 Å². The van der Waals surface area contributed by atoms with Gasteiger partial charge in [-0.25, -0.2) is 22.5 Å². The fraction of sp³-hybridized carbons (Fsp3) is 0.375. The van der Waals surface area contributed by atoms with Gasteiger partial charge in [-0.3, -0.25) is 14.2 Å². The molecule has 1 aromatic carbocycles. The normalized spacial score (nSPS) is 16.0. The maximum atomic E-state index is 15.1. The van der Waals surface area contributed by atoms with Gasteiger partial charge in [0.2, 0.25) is 5.43 Å². The maximum absolute atomic E-state index is 15.1. The van der Waals surface area contributed by atoms with Crippen molar-refractivity contribution in [1.29, 1.82) is 0 Å². The lowest BCUT2D eigenvalue weighted by Crippen LogP contribution is -2.61. The molecule has 41 heavy (non-hydrogen) atoms. The molecule has 0 aliphatic carbocycles. The second-order valence-electron chi connectivity index (χ2n) is 9.61. The summed E-state index contributed by atoms with van der Waals surface area (Å²) in [7, 11) is 0. The average molecular weight is 598 g/mol. The zero-order valence-electron chi connectivity index (χ0n) is 20.7. The Morgan fingerprint density at radius 3 is 2.10 bits per heavy atom. The first kappa shape index (κ1) is 30.1. The third kappa shape index (κ3) is 5.07. The summed E-state index contributed by atoms with van der Waals surface area (Å²) >= 11 is 0. The summed E-state index contributed by atoms with van der Waals surface area (Å²) in [6.07, 6.45) is -5.71. The van der Waals surface area contributed by atoms with Crippen molar-refractivity contribution in [2.75, 3.05) is 31.2 Å². The highest BCUT2D eigenvalue weighted by Crippen LogP contribution is 2.38. The molecule has 3 N–H and O–H groups in total. The monoisotopic (exact) mass is 598 g/mol. The van der Waals surface area contributed by atoms with Crippen LogP contribution in [0.2, 0.25) is 0 Å². The molecule has 1 aliphatic heterocycles. The zero-order chi connectivity index (χ0) is 30.7. The molecule has 1 aliphatic rings. The van der Waals surface area contributed by atoms with Crippen LogP contribution in [0.3, 0.4) is 0 Å². The summed E-state index contributed by atoms with van der Waals surface area (Å²) in [5.41, 5.74) is -5.54. The minimum atomic E-state index is -6.09. The van der Waals surface area contributed by atoms with E-state index in [-0.39, 0.29) is 25.2 Å². The van der Waals surface area contributed by atoms with Crippen molar-refractivity contribution in [2.45, 2.75) is 25.1 Å². The van der Waals surface area contributed by atoms with Gasteiger partial charge in [-0.1, -0.05) is 0 Å². The molecule has 0 bridgehead atoms. The van der Waals surface area contributed by atoms with Gasteiger partial charge in [-0.05, 0) is 13.0 Å². The summed E-state index contributed by atoms with van der Waals surface area (Å²) < 4.78 is 124. The van der Waals surface area contributed by atoms with Gasteiger partial charge in [0, 0.05) is 31.4 Å². The number of carbonyl (C=O) groups excluding carboxylic acids is 1. The van der Waals surface area contributed by atoms with Crippen molar-refractivity contribution >= 4 is 22.8 Å². The number of hydrogen-bond donors (Lipinski definition) is 3. The number of carbonyl (C=O) groups is 1. The van der Waals surface area contributed by atoms with Crippen LogP contribution in [0.25, 0.3) is 16.7 Å². The molecule has 8 nitrogen and oxygen atoms in total. The lowest BCUT2D eigenvalue weighted by atomic mass is 9.81. The number of alkyl halides is 5. The fourth-order valence-electron chi connectivity index (χ4n) is 4.31. The summed E-state index contributed by atoms with van der Waals surface area (Å²) in [6, 6.07) is -1.99. The molecule has 4 rings (SSSR count). The molecule has 2 aromatic heterocycles. The highest BCUT2D eigenvalue weighted by Gasteiger charge is 2.61. The van der Waals surface area contributed by atoms with Crippen LogP contribution in [0.1, 0.15) is 17.3 Å². The van der Waals surface area contributed by atoms with Crippen molar-refractivity contribution in [3.63, 3.8) is 0 Å². The van der Waals surface area contributed by atoms with E-state index in [1.54, 1.807) is 0 Å². The number of amides is 1. The topological polar surface area (TPSA) is 108 Å². The lowest BCUT2D eigenvalue weighted by molar-refractivity contribution is -0.290. The molecule has 3 heterocycles. The second kappa shape index (κ2) is 10.2. The molecular weight excluding hydrogens is 579 g/mol. The molecule has 0 spiro atoms. The molecule has 17 heteroatoms. The van der Waals surface area contributed by atoms with Crippen LogP contribution in [0.5, 0.6) is 0 Å². The highest BCUT2D eigenvalue weighted by atomic mass is 19.4. The van der Waals surface area contributed by atoms with Crippen molar-refractivity contribution in [1.82, 2.24) is 14.9 Å². The maximum Gasteiger partial charge on any atom is 0.455 e. The predicted octanol–water partition coefficient (Wildman–Crippen LogP) is 3.05. The van der Waals surface area contributed by atoms with Crippen LogP contribution >= 0.6 is 0 Å². The number of pyridine rings is 2. The van der Waals surface area contributed by atoms with E-state index in [9.17, 15) is 54.9 Å².